The third-order valence-corrected chi connectivity index (χ3v) is 4.62. The van der Waals surface area contributed by atoms with Gasteiger partial charge in [0.15, 0.2) is 0 Å². The molecule has 0 radical (unpaired) electrons. The minimum absolute atomic E-state index is 0.553. The number of nitrogens with one attached hydrogen (secondary N) is 2. The summed E-state index contributed by atoms with van der Waals surface area (Å²) in [6.45, 7) is 11.7. The van der Waals surface area contributed by atoms with Gasteiger partial charge in [-0.05, 0) is 37.3 Å². The maximum absolute atomic E-state index is 3.67. The average Bonchev–Trinajstić information content (AvgIpc) is 2.67. The second-order valence-corrected chi connectivity index (χ2v) is 6.42. The fraction of sp³-hybridized carbons (Fsp3) is 1.00. The molecule has 1 heterocycles. The van der Waals surface area contributed by atoms with Gasteiger partial charge in [0.2, 0.25) is 0 Å². The molecule has 18 heavy (non-hydrogen) atoms. The van der Waals surface area contributed by atoms with E-state index in [9.17, 15) is 0 Å². The zero-order valence-electron chi connectivity index (χ0n) is 13.0. The first-order valence-electron chi connectivity index (χ1n) is 8.12. The molecule has 1 rings (SSSR count). The Labute approximate surface area is 114 Å². The molecule has 0 spiro atoms. The summed E-state index contributed by atoms with van der Waals surface area (Å²) in [6, 6.07) is 0. The molecule has 1 aliphatic heterocycles. The molecule has 0 bridgehead atoms. The summed E-state index contributed by atoms with van der Waals surface area (Å²) in [7, 11) is 0. The van der Waals surface area contributed by atoms with Gasteiger partial charge in [-0.2, -0.15) is 0 Å². The van der Waals surface area contributed by atoms with Crippen molar-refractivity contribution in [2.24, 2.45) is 17.8 Å². The minimum Gasteiger partial charge on any atom is -0.302 e. The first-order valence-corrected chi connectivity index (χ1v) is 8.12. The lowest BCUT2D eigenvalue weighted by atomic mass is 9.97. The largest absolute Gasteiger partial charge is 0.302 e. The predicted molar refractivity (Wildman–Crippen MR) is 80.7 cm³/mol. The van der Waals surface area contributed by atoms with Crippen molar-refractivity contribution in [2.45, 2.75) is 72.4 Å². The lowest BCUT2D eigenvalue weighted by Gasteiger charge is -2.19. The van der Waals surface area contributed by atoms with Crippen LogP contribution in [0.2, 0.25) is 0 Å². The van der Waals surface area contributed by atoms with E-state index in [2.05, 4.69) is 38.3 Å². The van der Waals surface area contributed by atoms with Crippen LogP contribution in [0, 0.1) is 17.8 Å². The molecule has 2 N–H and O–H groups in total. The fourth-order valence-corrected chi connectivity index (χ4v) is 2.84. The smallest absolute Gasteiger partial charge is 0.0601 e. The van der Waals surface area contributed by atoms with Gasteiger partial charge in [0.1, 0.15) is 0 Å². The molecule has 0 saturated carbocycles. The Hall–Kier alpha value is -0.0800. The molecule has 2 heteroatoms. The van der Waals surface area contributed by atoms with Crippen LogP contribution in [0.15, 0.2) is 0 Å². The van der Waals surface area contributed by atoms with Crippen LogP contribution in [0.1, 0.15) is 66.2 Å². The van der Waals surface area contributed by atoms with Gasteiger partial charge < -0.3 is 10.6 Å². The van der Waals surface area contributed by atoms with Crippen molar-refractivity contribution in [1.82, 2.24) is 10.6 Å². The van der Waals surface area contributed by atoms with Gasteiger partial charge in [0.05, 0.1) is 6.17 Å². The Morgan fingerprint density at radius 2 is 1.89 bits per heavy atom. The Balaban J connectivity index is 1.95. The van der Waals surface area contributed by atoms with Crippen molar-refractivity contribution < 1.29 is 0 Å². The highest BCUT2D eigenvalue weighted by Gasteiger charge is 2.28. The van der Waals surface area contributed by atoms with Crippen molar-refractivity contribution in [3.63, 3.8) is 0 Å². The molecule has 2 nitrogen and oxygen atoms in total. The molecule has 108 valence electrons. The summed E-state index contributed by atoms with van der Waals surface area (Å²) in [6.07, 6.45) is 8.84. The fourth-order valence-electron chi connectivity index (χ4n) is 2.84. The summed E-state index contributed by atoms with van der Waals surface area (Å²) in [5.41, 5.74) is 0. The Bertz CT molecular complexity index is 205. The SMILES string of the molecule is CCCCC(C)CCCCNC1NCC(C)C1C. The molecule has 0 aromatic carbocycles. The van der Waals surface area contributed by atoms with E-state index in [1.807, 2.05) is 0 Å². The zero-order valence-corrected chi connectivity index (χ0v) is 13.0. The van der Waals surface area contributed by atoms with Crippen molar-refractivity contribution in [1.29, 1.82) is 0 Å². The summed E-state index contributed by atoms with van der Waals surface area (Å²) in [4.78, 5) is 0. The minimum atomic E-state index is 0.553. The van der Waals surface area contributed by atoms with E-state index >= 15 is 0 Å². The average molecular weight is 254 g/mol. The van der Waals surface area contributed by atoms with E-state index in [1.54, 1.807) is 0 Å². The van der Waals surface area contributed by atoms with Crippen molar-refractivity contribution >= 4 is 0 Å². The Kier molecular flexibility index (Phi) is 7.92. The van der Waals surface area contributed by atoms with Crippen LogP contribution < -0.4 is 10.6 Å². The number of unbranched alkanes of at least 4 members (excludes halogenated alkanes) is 2. The number of hydrogen-bond acceptors (Lipinski definition) is 2. The second-order valence-electron chi connectivity index (χ2n) is 6.42. The van der Waals surface area contributed by atoms with Gasteiger partial charge in [0.25, 0.3) is 0 Å². The third kappa shape index (κ3) is 5.71. The zero-order chi connectivity index (χ0) is 13.4. The van der Waals surface area contributed by atoms with E-state index in [0.29, 0.717) is 6.17 Å². The highest BCUT2D eigenvalue weighted by Crippen LogP contribution is 2.19. The van der Waals surface area contributed by atoms with Crippen LogP contribution in [0.3, 0.4) is 0 Å². The van der Waals surface area contributed by atoms with Crippen LogP contribution in [-0.2, 0) is 0 Å². The highest BCUT2D eigenvalue weighted by molar-refractivity contribution is 4.83. The van der Waals surface area contributed by atoms with Gasteiger partial charge >= 0.3 is 0 Å². The molecule has 0 amide bonds. The van der Waals surface area contributed by atoms with Crippen LogP contribution in [0.25, 0.3) is 0 Å². The molecule has 0 aromatic heterocycles. The highest BCUT2D eigenvalue weighted by atomic mass is 15.1. The van der Waals surface area contributed by atoms with E-state index in [1.165, 1.54) is 51.6 Å². The van der Waals surface area contributed by atoms with Gasteiger partial charge in [-0.3, -0.25) is 0 Å². The van der Waals surface area contributed by atoms with Gasteiger partial charge in [-0.1, -0.05) is 59.8 Å². The van der Waals surface area contributed by atoms with Crippen molar-refractivity contribution in [3.8, 4) is 0 Å². The third-order valence-electron chi connectivity index (χ3n) is 4.62. The summed E-state index contributed by atoms with van der Waals surface area (Å²) in [5, 5.41) is 7.24. The molecular weight excluding hydrogens is 220 g/mol. The van der Waals surface area contributed by atoms with Crippen molar-refractivity contribution in [2.75, 3.05) is 13.1 Å². The van der Waals surface area contributed by atoms with Gasteiger partial charge in [-0.15, -0.1) is 0 Å². The van der Waals surface area contributed by atoms with E-state index in [4.69, 9.17) is 0 Å². The predicted octanol–water partition coefficient (Wildman–Crippen LogP) is 3.77. The van der Waals surface area contributed by atoms with Gasteiger partial charge in [-0.25, -0.2) is 0 Å². The molecule has 4 atom stereocenters. The maximum atomic E-state index is 3.67. The number of rotatable bonds is 9. The van der Waals surface area contributed by atoms with E-state index in [0.717, 1.165) is 17.8 Å². The van der Waals surface area contributed by atoms with Crippen LogP contribution in [-0.4, -0.2) is 19.3 Å². The van der Waals surface area contributed by atoms with E-state index in [-0.39, 0.29) is 0 Å². The molecule has 1 aliphatic rings. The summed E-state index contributed by atoms with van der Waals surface area (Å²) >= 11 is 0. The van der Waals surface area contributed by atoms with Crippen LogP contribution >= 0.6 is 0 Å². The van der Waals surface area contributed by atoms with Crippen molar-refractivity contribution in [3.05, 3.63) is 0 Å². The lowest BCUT2D eigenvalue weighted by Crippen LogP contribution is -2.41. The molecule has 4 unspecified atom stereocenters. The first kappa shape index (κ1) is 16.0. The summed E-state index contributed by atoms with van der Waals surface area (Å²) < 4.78 is 0. The monoisotopic (exact) mass is 254 g/mol. The lowest BCUT2D eigenvalue weighted by molar-refractivity contribution is 0.353. The molecule has 1 saturated heterocycles. The number of hydrogen-bond donors (Lipinski definition) is 2. The maximum Gasteiger partial charge on any atom is 0.0601 e. The standard InChI is InChI=1S/C16H34N2/c1-5-6-9-13(2)10-7-8-11-17-16-15(4)14(3)12-18-16/h13-18H,5-12H2,1-4H3. The Morgan fingerprint density at radius 1 is 1.17 bits per heavy atom. The van der Waals surface area contributed by atoms with Crippen LogP contribution in [0.4, 0.5) is 0 Å². The normalized spacial score (nSPS) is 29.7. The quantitative estimate of drug-likeness (QED) is 0.612. The molecule has 1 fully saturated rings. The topological polar surface area (TPSA) is 24.1 Å². The molecule has 0 aliphatic carbocycles. The Morgan fingerprint density at radius 3 is 2.50 bits per heavy atom. The first-order chi connectivity index (χ1) is 8.65. The van der Waals surface area contributed by atoms with E-state index < -0.39 is 0 Å². The second kappa shape index (κ2) is 8.92. The van der Waals surface area contributed by atoms with Crippen LogP contribution in [0.5, 0.6) is 0 Å². The summed E-state index contributed by atoms with van der Waals surface area (Å²) in [5.74, 6) is 2.51. The van der Waals surface area contributed by atoms with Gasteiger partial charge in [0, 0.05) is 0 Å². The molecule has 0 aromatic rings. The molecular formula is C16H34N2.